The van der Waals surface area contributed by atoms with Crippen molar-refractivity contribution in [2.75, 3.05) is 0 Å². The Morgan fingerprint density at radius 3 is 2.88 bits per heavy atom. The second-order valence-corrected chi connectivity index (χ2v) is 5.54. The first kappa shape index (κ1) is 12.6. The van der Waals surface area contributed by atoms with Crippen LogP contribution in [0.1, 0.15) is 37.8 Å². The molecule has 0 aromatic heterocycles. The SMILES string of the molecule is C[C@H](NC1CCCC1C#N)c1ccccc1Br. The van der Waals surface area contributed by atoms with Crippen LogP contribution in [0.4, 0.5) is 0 Å². The molecule has 0 bridgehead atoms. The highest BCUT2D eigenvalue weighted by atomic mass is 79.9. The average Bonchev–Trinajstić information content (AvgIpc) is 2.76. The maximum absolute atomic E-state index is 9.08. The summed E-state index contributed by atoms with van der Waals surface area (Å²) in [4.78, 5) is 0. The van der Waals surface area contributed by atoms with Crippen molar-refractivity contribution in [2.24, 2.45) is 5.92 Å². The molecule has 1 aliphatic rings. The second kappa shape index (κ2) is 5.66. The van der Waals surface area contributed by atoms with Gasteiger partial charge in [0.15, 0.2) is 0 Å². The van der Waals surface area contributed by atoms with Crippen molar-refractivity contribution in [3.63, 3.8) is 0 Å². The molecule has 2 nitrogen and oxygen atoms in total. The van der Waals surface area contributed by atoms with Gasteiger partial charge in [-0.25, -0.2) is 0 Å². The lowest BCUT2D eigenvalue weighted by molar-refractivity contribution is 0.417. The van der Waals surface area contributed by atoms with Crippen molar-refractivity contribution < 1.29 is 0 Å². The van der Waals surface area contributed by atoms with Gasteiger partial charge in [0.25, 0.3) is 0 Å². The Kier molecular flexibility index (Phi) is 4.20. The van der Waals surface area contributed by atoms with Crippen LogP contribution < -0.4 is 5.32 Å². The third kappa shape index (κ3) is 2.88. The van der Waals surface area contributed by atoms with Gasteiger partial charge >= 0.3 is 0 Å². The van der Waals surface area contributed by atoms with E-state index in [1.165, 1.54) is 12.0 Å². The highest BCUT2D eigenvalue weighted by molar-refractivity contribution is 9.10. The van der Waals surface area contributed by atoms with Crippen LogP contribution in [0.25, 0.3) is 0 Å². The normalized spacial score (nSPS) is 25.5. The van der Waals surface area contributed by atoms with Gasteiger partial charge in [0.1, 0.15) is 0 Å². The molecule has 2 unspecified atom stereocenters. The van der Waals surface area contributed by atoms with E-state index >= 15 is 0 Å². The van der Waals surface area contributed by atoms with Crippen molar-refractivity contribution in [2.45, 2.75) is 38.3 Å². The summed E-state index contributed by atoms with van der Waals surface area (Å²) in [6.45, 7) is 2.16. The lowest BCUT2D eigenvalue weighted by atomic mass is 10.0. The number of hydrogen-bond donors (Lipinski definition) is 1. The molecule has 0 radical (unpaired) electrons. The van der Waals surface area contributed by atoms with Gasteiger partial charge in [-0.1, -0.05) is 40.5 Å². The molecule has 1 aromatic rings. The van der Waals surface area contributed by atoms with Gasteiger partial charge in [-0.3, -0.25) is 0 Å². The fourth-order valence-electron chi connectivity index (χ4n) is 2.55. The van der Waals surface area contributed by atoms with Crippen LogP contribution in [0.3, 0.4) is 0 Å². The number of nitriles is 1. The van der Waals surface area contributed by atoms with E-state index in [0.717, 1.165) is 17.3 Å². The van der Waals surface area contributed by atoms with Crippen LogP contribution in [-0.4, -0.2) is 6.04 Å². The Balaban J connectivity index is 2.05. The fraction of sp³-hybridized carbons (Fsp3) is 0.500. The minimum Gasteiger partial charge on any atom is -0.306 e. The first-order chi connectivity index (χ1) is 8.22. The topological polar surface area (TPSA) is 35.8 Å². The number of halogens is 1. The minimum absolute atomic E-state index is 0.180. The minimum atomic E-state index is 0.180. The van der Waals surface area contributed by atoms with Gasteiger partial charge in [-0.05, 0) is 31.4 Å². The molecule has 1 aromatic carbocycles. The number of benzene rings is 1. The monoisotopic (exact) mass is 292 g/mol. The van der Waals surface area contributed by atoms with Crippen molar-refractivity contribution in [1.82, 2.24) is 5.32 Å². The Morgan fingerprint density at radius 1 is 1.41 bits per heavy atom. The molecule has 0 saturated heterocycles. The van der Waals surface area contributed by atoms with Gasteiger partial charge in [0.2, 0.25) is 0 Å². The summed E-state index contributed by atoms with van der Waals surface area (Å²) in [6.07, 6.45) is 3.32. The standard InChI is InChI=1S/C14H17BrN2/c1-10(12-6-2-3-7-13(12)15)17-14-8-4-5-11(14)9-16/h2-3,6-7,10-11,14,17H,4-5,8H2,1H3/t10-,11?,14?/m0/s1. The van der Waals surface area contributed by atoms with E-state index < -0.39 is 0 Å². The van der Waals surface area contributed by atoms with Gasteiger partial charge in [0, 0.05) is 16.6 Å². The summed E-state index contributed by atoms with van der Waals surface area (Å²) in [7, 11) is 0. The predicted molar refractivity (Wildman–Crippen MR) is 72.4 cm³/mol. The molecule has 0 amide bonds. The van der Waals surface area contributed by atoms with Gasteiger partial charge in [0.05, 0.1) is 12.0 Å². The van der Waals surface area contributed by atoms with E-state index in [1.807, 2.05) is 6.07 Å². The van der Waals surface area contributed by atoms with E-state index in [0.29, 0.717) is 6.04 Å². The number of rotatable bonds is 3. The first-order valence-corrected chi connectivity index (χ1v) is 6.91. The Morgan fingerprint density at radius 2 is 2.18 bits per heavy atom. The maximum atomic E-state index is 9.08. The van der Waals surface area contributed by atoms with Crippen LogP contribution >= 0.6 is 15.9 Å². The summed E-state index contributed by atoms with van der Waals surface area (Å²) in [6, 6.07) is 11.3. The fourth-order valence-corrected chi connectivity index (χ4v) is 3.18. The van der Waals surface area contributed by atoms with Gasteiger partial charge in [-0.15, -0.1) is 0 Å². The molecule has 0 spiro atoms. The zero-order chi connectivity index (χ0) is 12.3. The zero-order valence-corrected chi connectivity index (χ0v) is 11.6. The van der Waals surface area contributed by atoms with E-state index in [4.69, 9.17) is 5.26 Å². The van der Waals surface area contributed by atoms with Crippen molar-refractivity contribution in [1.29, 1.82) is 5.26 Å². The molecule has 2 rings (SSSR count). The van der Waals surface area contributed by atoms with Crippen LogP contribution in [0.15, 0.2) is 28.7 Å². The summed E-state index contributed by atoms with van der Waals surface area (Å²) in [5, 5.41) is 12.7. The average molecular weight is 293 g/mol. The molecular weight excluding hydrogens is 276 g/mol. The molecule has 3 atom stereocenters. The summed E-state index contributed by atoms with van der Waals surface area (Å²) < 4.78 is 1.13. The molecular formula is C14H17BrN2. The molecule has 1 saturated carbocycles. The molecule has 3 heteroatoms. The Hall–Kier alpha value is -0.850. The predicted octanol–water partition coefficient (Wildman–Crippen LogP) is 3.79. The van der Waals surface area contributed by atoms with Crippen molar-refractivity contribution in [3.05, 3.63) is 34.3 Å². The van der Waals surface area contributed by atoms with Crippen LogP contribution in [0.5, 0.6) is 0 Å². The largest absolute Gasteiger partial charge is 0.306 e. The second-order valence-electron chi connectivity index (χ2n) is 4.68. The molecule has 17 heavy (non-hydrogen) atoms. The van der Waals surface area contributed by atoms with Crippen LogP contribution in [0.2, 0.25) is 0 Å². The van der Waals surface area contributed by atoms with Gasteiger partial charge in [-0.2, -0.15) is 5.26 Å². The summed E-state index contributed by atoms with van der Waals surface area (Å²) >= 11 is 3.57. The highest BCUT2D eigenvalue weighted by Gasteiger charge is 2.28. The molecule has 1 N–H and O–H groups in total. The van der Waals surface area contributed by atoms with E-state index in [-0.39, 0.29) is 12.0 Å². The first-order valence-electron chi connectivity index (χ1n) is 6.12. The molecule has 1 aliphatic carbocycles. The third-order valence-electron chi connectivity index (χ3n) is 3.52. The Bertz CT molecular complexity index is 424. The molecule has 0 aliphatic heterocycles. The number of hydrogen-bond acceptors (Lipinski definition) is 2. The van der Waals surface area contributed by atoms with Crippen molar-refractivity contribution in [3.8, 4) is 6.07 Å². The molecule has 1 fully saturated rings. The zero-order valence-electron chi connectivity index (χ0n) is 9.99. The number of nitrogens with zero attached hydrogens (tertiary/aromatic N) is 1. The number of nitrogens with one attached hydrogen (secondary N) is 1. The quantitative estimate of drug-likeness (QED) is 0.920. The highest BCUT2D eigenvalue weighted by Crippen LogP contribution is 2.29. The molecule has 0 heterocycles. The van der Waals surface area contributed by atoms with Gasteiger partial charge < -0.3 is 5.32 Å². The van der Waals surface area contributed by atoms with E-state index in [2.05, 4.69) is 52.4 Å². The smallest absolute Gasteiger partial charge is 0.0672 e. The van der Waals surface area contributed by atoms with Crippen LogP contribution in [0, 0.1) is 17.2 Å². The third-order valence-corrected chi connectivity index (χ3v) is 4.24. The summed E-state index contributed by atoms with van der Waals surface area (Å²) in [5.41, 5.74) is 1.26. The maximum Gasteiger partial charge on any atom is 0.0672 e. The van der Waals surface area contributed by atoms with E-state index in [1.54, 1.807) is 0 Å². The lowest BCUT2D eigenvalue weighted by Gasteiger charge is -2.22. The Labute approximate surface area is 111 Å². The van der Waals surface area contributed by atoms with Crippen LogP contribution in [-0.2, 0) is 0 Å². The van der Waals surface area contributed by atoms with Crippen molar-refractivity contribution >= 4 is 15.9 Å². The summed E-state index contributed by atoms with van der Waals surface area (Å²) in [5.74, 6) is 0.180. The molecule has 90 valence electrons. The lowest BCUT2D eigenvalue weighted by Crippen LogP contribution is -2.34. The van der Waals surface area contributed by atoms with E-state index in [9.17, 15) is 0 Å².